The number of carbonyl (C=O) groups is 2. The summed E-state index contributed by atoms with van der Waals surface area (Å²) in [6.45, 7) is 0. The van der Waals surface area contributed by atoms with Crippen LogP contribution in [0.2, 0.25) is 0 Å². The molecule has 1 aliphatic rings. The highest BCUT2D eigenvalue weighted by Gasteiger charge is 2.23. The molecule has 0 aliphatic carbocycles. The van der Waals surface area contributed by atoms with Gasteiger partial charge in [-0.15, -0.1) is 0 Å². The molecule has 0 atom stereocenters. The third-order valence-electron chi connectivity index (χ3n) is 2.62. The van der Waals surface area contributed by atoms with E-state index in [1.165, 1.54) is 4.91 Å². The Balaban J connectivity index is 0.000000367. The van der Waals surface area contributed by atoms with Crippen LogP contribution >= 0.6 is 0 Å². The minimum atomic E-state index is -0.315. The first-order chi connectivity index (χ1) is 8.69. The van der Waals surface area contributed by atoms with Gasteiger partial charge in [-0.05, 0) is 17.5 Å². The van der Waals surface area contributed by atoms with E-state index in [0.717, 1.165) is 10.8 Å². The average molecular weight is 239 g/mol. The summed E-state index contributed by atoms with van der Waals surface area (Å²) in [5.74, 6) is -0.631. The van der Waals surface area contributed by atoms with Gasteiger partial charge in [-0.25, -0.2) is 0 Å². The molecule has 0 unspecified atom stereocenters. The number of carbonyl (C=O) groups excluding carboxylic acids is 2. The number of hydrogen-bond donors (Lipinski definition) is 1. The Morgan fingerprint density at radius 3 is 1.78 bits per heavy atom. The van der Waals surface area contributed by atoms with Gasteiger partial charge < -0.3 is 11.1 Å². The van der Waals surface area contributed by atoms with Crippen molar-refractivity contribution in [3.05, 3.63) is 63.5 Å². The maximum absolute atomic E-state index is 11.6. The zero-order chi connectivity index (χ0) is 13.1. The van der Waals surface area contributed by atoms with Crippen LogP contribution in [0.25, 0.3) is 26.7 Å². The first-order valence-corrected chi connectivity index (χ1v) is 5.05. The standard InChI is InChI=1S/C12H7NO2.N3/c14-11-8-5-1-3-7-4-2-6-9(10(7)8)12(15)13-11;1-3-2/h1-6H,(H,13,14,15);/q;-1. The maximum Gasteiger partial charge on any atom is 0.258 e. The summed E-state index contributed by atoms with van der Waals surface area (Å²) >= 11 is 0. The van der Waals surface area contributed by atoms with Crippen LogP contribution in [-0.2, 0) is 0 Å². The second-order valence-corrected chi connectivity index (χ2v) is 3.58. The maximum atomic E-state index is 11.6. The van der Waals surface area contributed by atoms with Crippen LogP contribution in [0.3, 0.4) is 0 Å². The minimum absolute atomic E-state index is 0.315. The number of amides is 2. The Morgan fingerprint density at radius 2 is 1.33 bits per heavy atom. The highest BCUT2D eigenvalue weighted by atomic mass is 16.2. The Morgan fingerprint density at radius 1 is 0.889 bits per heavy atom. The van der Waals surface area contributed by atoms with Gasteiger partial charge in [-0.2, -0.15) is 0 Å². The average Bonchev–Trinajstić information content (AvgIpc) is 2.37. The second kappa shape index (κ2) is 4.57. The molecule has 6 nitrogen and oxygen atoms in total. The first kappa shape index (κ1) is 11.6. The minimum Gasteiger partial charge on any atom is -0.373 e. The highest BCUT2D eigenvalue weighted by Crippen LogP contribution is 2.25. The quantitative estimate of drug-likeness (QED) is 0.330. The molecule has 0 bridgehead atoms. The van der Waals surface area contributed by atoms with Crippen LogP contribution in [-0.4, -0.2) is 11.8 Å². The topological polar surface area (TPSA) is 105 Å². The molecule has 18 heavy (non-hydrogen) atoms. The van der Waals surface area contributed by atoms with Crippen LogP contribution in [0.5, 0.6) is 0 Å². The van der Waals surface area contributed by atoms with Gasteiger partial charge in [0.1, 0.15) is 0 Å². The van der Waals surface area contributed by atoms with E-state index in [0.29, 0.717) is 11.1 Å². The summed E-state index contributed by atoms with van der Waals surface area (Å²) in [5.41, 5.74) is 14.6. The van der Waals surface area contributed by atoms with Crippen LogP contribution < -0.4 is 5.32 Å². The summed E-state index contributed by atoms with van der Waals surface area (Å²) < 4.78 is 0. The van der Waals surface area contributed by atoms with Crippen molar-refractivity contribution in [2.24, 2.45) is 0 Å². The largest absolute Gasteiger partial charge is 0.373 e. The van der Waals surface area contributed by atoms with Crippen LogP contribution in [0.15, 0.2) is 36.4 Å². The molecule has 0 fully saturated rings. The highest BCUT2D eigenvalue weighted by molar-refractivity contribution is 6.25. The van der Waals surface area contributed by atoms with Gasteiger partial charge in [0.15, 0.2) is 0 Å². The van der Waals surface area contributed by atoms with Gasteiger partial charge in [-0.1, -0.05) is 24.3 Å². The molecule has 1 aliphatic heterocycles. The predicted octanol–water partition coefficient (Wildman–Crippen LogP) is 2.59. The van der Waals surface area contributed by atoms with Crippen molar-refractivity contribution < 1.29 is 9.59 Å². The fourth-order valence-corrected chi connectivity index (χ4v) is 1.96. The molecule has 1 heterocycles. The van der Waals surface area contributed by atoms with Gasteiger partial charge in [0, 0.05) is 16.5 Å². The lowest BCUT2D eigenvalue weighted by atomic mass is 9.95. The van der Waals surface area contributed by atoms with Gasteiger partial charge in [0.05, 0.1) is 0 Å². The number of imide groups is 1. The van der Waals surface area contributed by atoms with Crippen molar-refractivity contribution in [3.63, 3.8) is 0 Å². The summed E-state index contributed by atoms with van der Waals surface area (Å²) in [6.07, 6.45) is 0. The van der Waals surface area contributed by atoms with Crippen LogP contribution in [0.4, 0.5) is 0 Å². The number of rotatable bonds is 0. The van der Waals surface area contributed by atoms with Crippen molar-refractivity contribution in [1.82, 2.24) is 5.32 Å². The third kappa shape index (κ3) is 1.77. The summed E-state index contributed by atoms with van der Waals surface area (Å²) in [4.78, 5) is 24.6. The van der Waals surface area contributed by atoms with Crippen molar-refractivity contribution in [2.45, 2.75) is 0 Å². The third-order valence-corrected chi connectivity index (χ3v) is 2.62. The molecule has 6 heteroatoms. The van der Waals surface area contributed by atoms with Crippen LogP contribution in [0, 0.1) is 0 Å². The first-order valence-electron chi connectivity index (χ1n) is 5.05. The van der Waals surface area contributed by atoms with Gasteiger partial charge >= 0.3 is 0 Å². The molecule has 2 amide bonds. The molecular formula is C12H7N4O2-. The van der Waals surface area contributed by atoms with E-state index < -0.39 is 0 Å². The molecule has 0 radical (unpaired) electrons. The summed E-state index contributed by atoms with van der Waals surface area (Å²) in [6, 6.07) is 10.9. The van der Waals surface area contributed by atoms with Crippen molar-refractivity contribution in [1.29, 1.82) is 0 Å². The van der Waals surface area contributed by atoms with Gasteiger partial charge in [0.2, 0.25) is 0 Å². The molecule has 0 spiro atoms. The van der Waals surface area contributed by atoms with E-state index in [9.17, 15) is 9.59 Å². The lowest BCUT2D eigenvalue weighted by molar-refractivity contribution is 0.0845. The molecule has 0 saturated heterocycles. The fourth-order valence-electron chi connectivity index (χ4n) is 1.96. The van der Waals surface area contributed by atoms with E-state index in [4.69, 9.17) is 11.1 Å². The van der Waals surface area contributed by atoms with E-state index in [1.807, 2.05) is 24.3 Å². The predicted molar refractivity (Wildman–Crippen MR) is 65.8 cm³/mol. The Hall–Kier alpha value is -2.85. The fraction of sp³-hybridized carbons (Fsp3) is 0. The van der Waals surface area contributed by atoms with Crippen molar-refractivity contribution in [2.75, 3.05) is 0 Å². The normalized spacial score (nSPS) is 12.2. The second-order valence-electron chi connectivity index (χ2n) is 3.58. The van der Waals surface area contributed by atoms with Crippen LogP contribution in [0.1, 0.15) is 20.7 Å². The number of nitrogens with one attached hydrogen (secondary N) is 1. The molecule has 88 valence electrons. The molecule has 0 saturated carbocycles. The van der Waals surface area contributed by atoms with E-state index in [1.54, 1.807) is 12.1 Å². The summed E-state index contributed by atoms with van der Waals surface area (Å²) in [7, 11) is 0. The van der Waals surface area contributed by atoms with Crippen molar-refractivity contribution >= 4 is 22.6 Å². The van der Waals surface area contributed by atoms with Gasteiger partial charge in [-0.3, -0.25) is 19.8 Å². The zero-order valence-corrected chi connectivity index (χ0v) is 9.12. The number of benzene rings is 2. The molecular weight excluding hydrogens is 232 g/mol. The molecule has 0 aromatic heterocycles. The smallest absolute Gasteiger partial charge is 0.258 e. The monoisotopic (exact) mass is 239 g/mol. The number of hydrogen-bond acceptors (Lipinski definition) is 2. The molecule has 3 rings (SSSR count). The van der Waals surface area contributed by atoms with Gasteiger partial charge in [0.25, 0.3) is 11.8 Å². The van der Waals surface area contributed by atoms with E-state index >= 15 is 0 Å². The lowest BCUT2D eigenvalue weighted by Crippen LogP contribution is -2.34. The molecule has 2 aromatic rings. The van der Waals surface area contributed by atoms with Crippen molar-refractivity contribution in [3.8, 4) is 0 Å². The van der Waals surface area contributed by atoms with E-state index in [2.05, 4.69) is 5.32 Å². The molecule has 2 aromatic carbocycles. The SMILES string of the molecule is O=C1NC(=O)c2cccc3cccc1c23.[N-]=[N+]=[N-]. The molecule has 1 N–H and O–H groups in total. The lowest BCUT2D eigenvalue weighted by Gasteiger charge is -2.15. The Labute approximate surface area is 102 Å². The zero-order valence-electron chi connectivity index (χ0n) is 9.12. The Bertz CT molecular complexity index is 639. The number of nitrogens with zero attached hydrogens (tertiary/aromatic N) is 3. The van der Waals surface area contributed by atoms with E-state index in [-0.39, 0.29) is 11.8 Å². The summed E-state index contributed by atoms with van der Waals surface area (Å²) in [5, 5.41) is 4.00. The Kier molecular flexibility index (Phi) is 2.95.